The predicted octanol–water partition coefficient (Wildman–Crippen LogP) is 5.97. The molecule has 2 aromatic heterocycles. The zero-order valence-electron chi connectivity index (χ0n) is 18.3. The molecule has 1 saturated carbocycles. The van der Waals surface area contributed by atoms with Crippen molar-refractivity contribution >= 4 is 38.3 Å². The number of rotatable bonds is 5. The molecular weight excluding hydrogens is 422 g/mol. The van der Waals surface area contributed by atoms with E-state index in [-0.39, 0.29) is 11.5 Å². The van der Waals surface area contributed by atoms with E-state index in [0.717, 1.165) is 26.1 Å². The van der Waals surface area contributed by atoms with Gasteiger partial charge >= 0.3 is 5.97 Å². The number of benzene rings is 2. The third kappa shape index (κ3) is 3.53. The van der Waals surface area contributed by atoms with Crippen LogP contribution in [-0.2, 0) is 0 Å². The number of carbonyl (C=O) groups is 1. The Morgan fingerprint density at radius 3 is 2.66 bits per heavy atom. The molecule has 5 rings (SSSR count). The van der Waals surface area contributed by atoms with Gasteiger partial charge in [-0.1, -0.05) is 24.3 Å². The molecule has 0 saturated heterocycles. The Kier molecular flexibility index (Phi) is 4.95. The van der Waals surface area contributed by atoms with E-state index in [9.17, 15) is 15.0 Å². The third-order valence-electron chi connectivity index (χ3n) is 6.36. The van der Waals surface area contributed by atoms with Crippen LogP contribution < -0.4 is 4.74 Å². The minimum Gasteiger partial charge on any atom is -0.493 e. The van der Waals surface area contributed by atoms with Crippen LogP contribution >= 0.6 is 11.3 Å². The number of nitrogens with zero attached hydrogens (tertiary/aromatic N) is 1. The van der Waals surface area contributed by atoms with Crippen LogP contribution in [0.15, 0.2) is 42.5 Å². The van der Waals surface area contributed by atoms with Gasteiger partial charge in [0.2, 0.25) is 0 Å². The minimum atomic E-state index is -1.00. The average molecular weight is 448 g/mol. The second-order valence-corrected chi connectivity index (χ2v) is 10.2. The summed E-state index contributed by atoms with van der Waals surface area (Å²) in [5.41, 5.74) is 2.91. The Morgan fingerprint density at radius 2 is 1.97 bits per heavy atom. The van der Waals surface area contributed by atoms with Gasteiger partial charge in [-0.2, -0.15) is 0 Å². The molecule has 1 aliphatic rings. The quantitative estimate of drug-likeness (QED) is 0.394. The standard InChI is InChI=1S/C26H25NO4S/c1-14-8-9-20(31-13-16-11-26(3,30)12-16)22-18(25(28)29)10-19(27-23(14)22)24-15(2)17-6-4-5-7-21(17)32-24/h4-10,16,30H,11-13H2,1-3H3,(H,28,29)/t16-,26-. The van der Waals surface area contributed by atoms with Crippen LogP contribution in [0.25, 0.3) is 31.6 Å². The number of hydrogen-bond acceptors (Lipinski definition) is 5. The second kappa shape index (κ2) is 7.57. The highest BCUT2D eigenvalue weighted by molar-refractivity contribution is 7.22. The van der Waals surface area contributed by atoms with Gasteiger partial charge in [-0.25, -0.2) is 9.78 Å². The lowest BCUT2D eigenvalue weighted by molar-refractivity contribution is -0.0689. The summed E-state index contributed by atoms with van der Waals surface area (Å²) >= 11 is 1.63. The van der Waals surface area contributed by atoms with Gasteiger partial charge < -0.3 is 14.9 Å². The first-order chi connectivity index (χ1) is 15.2. The van der Waals surface area contributed by atoms with Gasteiger partial charge in [0.1, 0.15) is 5.75 Å². The molecule has 2 heterocycles. The monoisotopic (exact) mass is 447 g/mol. The predicted molar refractivity (Wildman–Crippen MR) is 128 cm³/mol. The summed E-state index contributed by atoms with van der Waals surface area (Å²) in [6.07, 6.45) is 1.38. The molecule has 0 unspecified atom stereocenters. The first kappa shape index (κ1) is 20.9. The second-order valence-electron chi connectivity index (χ2n) is 9.10. The summed E-state index contributed by atoms with van der Waals surface area (Å²) in [7, 11) is 0. The number of aromatic nitrogens is 1. The summed E-state index contributed by atoms with van der Waals surface area (Å²) in [6.45, 7) is 6.27. The summed E-state index contributed by atoms with van der Waals surface area (Å²) in [5.74, 6) is -0.204. The Morgan fingerprint density at radius 1 is 1.22 bits per heavy atom. The van der Waals surface area contributed by atoms with E-state index in [2.05, 4.69) is 19.1 Å². The number of fused-ring (bicyclic) bond motifs is 2. The number of hydrogen-bond donors (Lipinski definition) is 2. The molecule has 0 aliphatic heterocycles. The fourth-order valence-electron chi connectivity index (χ4n) is 4.78. The fraction of sp³-hybridized carbons (Fsp3) is 0.308. The fourth-order valence-corrected chi connectivity index (χ4v) is 5.95. The molecular formula is C26H25NO4S. The zero-order valence-corrected chi connectivity index (χ0v) is 19.1. The van der Waals surface area contributed by atoms with E-state index in [0.29, 0.717) is 41.8 Å². The zero-order chi connectivity index (χ0) is 22.6. The largest absolute Gasteiger partial charge is 0.493 e. The smallest absolute Gasteiger partial charge is 0.336 e. The highest BCUT2D eigenvalue weighted by atomic mass is 32.1. The summed E-state index contributed by atoms with van der Waals surface area (Å²) in [5, 5.41) is 21.7. The lowest BCUT2D eigenvalue weighted by Crippen LogP contribution is -2.43. The van der Waals surface area contributed by atoms with Gasteiger partial charge in [0.15, 0.2) is 0 Å². The maximum absolute atomic E-state index is 12.3. The molecule has 2 aromatic carbocycles. The molecule has 0 bridgehead atoms. The summed E-state index contributed by atoms with van der Waals surface area (Å²) in [6, 6.07) is 13.6. The molecule has 1 fully saturated rings. The van der Waals surface area contributed by atoms with Crippen LogP contribution in [0, 0.1) is 19.8 Å². The number of pyridine rings is 1. The first-order valence-corrected chi connectivity index (χ1v) is 11.6. The van der Waals surface area contributed by atoms with Gasteiger partial charge in [-0.15, -0.1) is 11.3 Å². The van der Waals surface area contributed by atoms with Crippen molar-refractivity contribution in [3.8, 4) is 16.3 Å². The minimum absolute atomic E-state index is 0.196. The molecule has 32 heavy (non-hydrogen) atoms. The van der Waals surface area contributed by atoms with Crippen LogP contribution in [0.5, 0.6) is 5.75 Å². The molecule has 0 radical (unpaired) electrons. The van der Waals surface area contributed by atoms with Crippen molar-refractivity contribution in [1.82, 2.24) is 4.98 Å². The SMILES string of the molecule is Cc1c(-c2cc(C(=O)O)c3c(OC[C@H]4C[C@](C)(O)C4)ccc(C)c3n2)sc2ccccc12. The number of ether oxygens (including phenoxy) is 1. The number of carboxylic acids is 1. The van der Waals surface area contributed by atoms with Crippen molar-refractivity contribution in [2.45, 2.75) is 39.2 Å². The molecule has 164 valence electrons. The molecule has 6 heteroatoms. The van der Waals surface area contributed by atoms with Crippen LogP contribution in [0.2, 0.25) is 0 Å². The molecule has 0 atom stereocenters. The Balaban J connectivity index is 1.62. The number of carboxylic acid groups (broad SMARTS) is 1. The van der Waals surface area contributed by atoms with Crippen molar-refractivity contribution in [2.24, 2.45) is 5.92 Å². The summed E-state index contributed by atoms with van der Waals surface area (Å²) in [4.78, 5) is 18.2. The molecule has 1 aliphatic carbocycles. The number of thiophene rings is 1. The van der Waals surface area contributed by atoms with Crippen LogP contribution in [0.3, 0.4) is 0 Å². The molecule has 2 N–H and O–H groups in total. The van der Waals surface area contributed by atoms with Crippen LogP contribution in [-0.4, -0.2) is 33.4 Å². The van der Waals surface area contributed by atoms with Gasteiger partial charge in [-0.3, -0.25) is 0 Å². The first-order valence-electron chi connectivity index (χ1n) is 10.7. The van der Waals surface area contributed by atoms with Crippen LogP contribution in [0.1, 0.15) is 41.3 Å². The van der Waals surface area contributed by atoms with Crippen molar-refractivity contribution in [1.29, 1.82) is 0 Å². The normalized spacial score (nSPS) is 20.4. The average Bonchev–Trinajstić information content (AvgIpc) is 3.08. The van der Waals surface area contributed by atoms with E-state index in [1.54, 1.807) is 17.4 Å². The van der Waals surface area contributed by atoms with Crippen molar-refractivity contribution < 1.29 is 19.7 Å². The number of aryl methyl sites for hydroxylation is 2. The molecule has 0 amide bonds. The van der Waals surface area contributed by atoms with E-state index >= 15 is 0 Å². The Labute approximate surface area is 190 Å². The third-order valence-corrected chi connectivity index (χ3v) is 7.66. The Hall–Kier alpha value is -2.96. The van der Waals surface area contributed by atoms with E-state index in [1.165, 1.54) is 0 Å². The maximum atomic E-state index is 12.3. The highest BCUT2D eigenvalue weighted by Gasteiger charge is 2.38. The number of aromatic carboxylic acids is 1. The van der Waals surface area contributed by atoms with Crippen molar-refractivity contribution in [3.05, 3.63) is 59.2 Å². The van der Waals surface area contributed by atoms with Crippen molar-refractivity contribution in [2.75, 3.05) is 6.61 Å². The van der Waals surface area contributed by atoms with Gasteiger partial charge in [0.25, 0.3) is 0 Å². The molecule has 4 aromatic rings. The number of aliphatic hydroxyl groups is 1. The van der Waals surface area contributed by atoms with Crippen molar-refractivity contribution in [3.63, 3.8) is 0 Å². The lowest BCUT2D eigenvalue weighted by Gasteiger charge is -2.40. The van der Waals surface area contributed by atoms with Gasteiger partial charge in [-0.05, 0) is 74.2 Å². The van der Waals surface area contributed by atoms with E-state index in [1.807, 2.05) is 38.1 Å². The van der Waals surface area contributed by atoms with Gasteiger partial charge in [0.05, 0.1) is 39.2 Å². The Bertz CT molecular complexity index is 1360. The van der Waals surface area contributed by atoms with E-state index < -0.39 is 11.6 Å². The lowest BCUT2D eigenvalue weighted by atomic mass is 9.73. The maximum Gasteiger partial charge on any atom is 0.336 e. The summed E-state index contributed by atoms with van der Waals surface area (Å²) < 4.78 is 7.22. The molecule has 5 nitrogen and oxygen atoms in total. The topological polar surface area (TPSA) is 79.7 Å². The van der Waals surface area contributed by atoms with Gasteiger partial charge in [0, 0.05) is 4.70 Å². The highest BCUT2D eigenvalue weighted by Crippen LogP contribution is 2.41. The molecule has 0 spiro atoms. The van der Waals surface area contributed by atoms with Crippen LogP contribution in [0.4, 0.5) is 0 Å². The van der Waals surface area contributed by atoms with E-state index in [4.69, 9.17) is 9.72 Å².